The van der Waals surface area contributed by atoms with Gasteiger partial charge in [0.2, 0.25) is 5.91 Å². The van der Waals surface area contributed by atoms with Gasteiger partial charge in [-0.2, -0.15) is 0 Å². The normalized spacial score (nSPS) is 19.0. The highest BCUT2D eigenvalue weighted by atomic mass is 35.5. The van der Waals surface area contributed by atoms with E-state index in [1.807, 2.05) is 29.2 Å². The Labute approximate surface area is 243 Å². The largest absolute Gasteiger partial charge is 0.485 e. The summed E-state index contributed by atoms with van der Waals surface area (Å²) in [5, 5.41) is 0.581. The van der Waals surface area contributed by atoms with Gasteiger partial charge in [-0.1, -0.05) is 49.1 Å². The lowest BCUT2D eigenvalue weighted by Crippen LogP contribution is -2.48. The van der Waals surface area contributed by atoms with Crippen molar-refractivity contribution in [3.8, 4) is 5.75 Å². The Hall–Kier alpha value is -3.46. The summed E-state index contributed by atoms with van der Waals surface area (Å²) in [6, 6.07) is 10.7. The Morgan fingerprint density at radius 1 is 1.12 bits per heavy atom. The van der Waals surface area contributed by atoms with Gasteiger partial charge >= 0.3 is 0 Å². The minimum Gasteiger partial charge on any atom is -0.485 e. The fourth-order valence-electron chi connectivity index (χ4n) is 6.55. The number of hydrogen-bond donors (Lipinski definition) is 0. The highest BCUT2D eigenvalue weighted by Crippen LogP contribution is 2.43. The maximum absolute atomic E-state index is 14.0. The average Bonchev–Trinajstić information content (AvgIpc) is 3.55. The quantitative estimate of drug-likeness (QED) is 0.325. The number of hydrogen-bond acceptors (Lipinski definition) is 4. The summed E-state index contributed by atoms with van der Waals surface area (Å²) in [6.07, 6.45) is 5.99. The number of aromatic nitrogens is 2. The minimum absolute atomic E-state index is 0.0226. The number of alkyl halides is 2. The maximum atomic E-state index is 14.0. The molecule has 2 amide bonds. The number of carbonyl (C=O) groups is 2. The highest BCUT2D eigenvalue weighted by molar-refractivity contribution is 6.31. The van der Waals surface area contributed by atoms with Crippen molar-refractivity contribution < 1.29 is 23.1 Å². The highest BCUT2D eigenvalue weighted by Gasteiger charge is 2.40. The summed E-state index contributed by atoms with van der Waals surface area (Å²) in [6.45, 7) is 0.778. The molecule has 0 unspecified atom stereocenters. The minimum atomic E-state index is -2.52. The number of ether oxygens (including phenoxy) is 1. The van der Waals surface area contributed by atoms with E-state index in [9.17, 15) is 18.4 Å². The van der Waals surface area contributed by atoms with Crippen LogP contribution in [-0.4, -0.2) is 50.7 Å². The van der Waals surface area contributed by atoms with Crippen LogP contribution in [0.4, 0.5) is 8.78 Å². The Bertz CT molecular complexity index is 1440. The standard InChI is InChI=1S/C31H33ClF2N4O3/c32-24-10-11-26(41-19-28-35-13-15-36(28)18-27(33)34)29-23(24)12-14-38(30(39)20-6-2-1-3-7-20)25(29)17-37-16-21-8-4-5-9-22(21)31(37)40/h4-5,8-11,13,15,20,25,27H,1-3,6-7,12,14,16-19H2/t25-/m1/s1. The molecule has 1 atom stereocenters. The van der Waals surface area contributed by atoms with E-state index >= 15 is 0 Å². The first-order valence-electron chi connectivity index (χ1n) is 14.3. The number of nitrogens with zero attached hydrogens (tertiary/aromatic N) is 4. The molecular formula is C31H33ClF2N4O3. The van der Waals surface area contributed by atoms with Gasteiger partial charge in [-0.15, -0.1) is 0 Å². The Balaban J connectivity index is 1.34. The molecule has 3 heterocycles. The zero-order valence-electron chi connectivity index (χ0n) is 22.8. The molecule has 2 aromatic carbocycles. The fourth-order valence-corrected chi connectivity index (χ4v) is 6.81. The van der Waals surface area contributed by atoms with Crippen LogP contribution in [0.15, 0.2) is 48.8 Å². The maximum Gasteiger partial charge on any atom is 0.256 e. The molecular weight excluding hydrogens is 550 g/mol. The second-order valence-corrected chi connectivity index (χ2v) is 11.5. The molecule has 1 fully saturated rings. The lowest BCUT2D eigenvalue weighted by Gasteiger charge is -2.42. The van der Waals surface area contributed by atoms with E-state index in [2.05, 4.69) is 4.98 Å². The number of halogens is 3. The molecule has 41 heavy (non-hydrogen) atoms. The lowest BCUT2D eigenvalue weighted by atomic mass is 9.85. The van der Waals surface area contributed by atoms with Crippen molar-refractivity contribution in [2.75, 3.05) is 13.1 Å². The van der Waals surface area contributed by atoms with Crippen LogP contribution in [0.1, 0.15) is 71.0 Å². The first-order chi connectivity index (χ1) is 19.9. The van der Waals surface area contributed by atoms with E-state index in [4.69, 9.17) is 16.3 Å². The SMILES string of the molecule is O=C1c2ccccc2CN1C[C@@H]1c2c(OCc3nccn3CC(F)F)ccc(Cl)c2CCN1C(=O)C1CCCCC1. The van der Waals surface area contributed by atoms with E-state index in [0.29, 0.717) is 48.2 Å². The van der Waals surface area contributed by atoms with Crippen molar-refractivity contribution in [1.29, 1.82) is 0 Å². The van der Waals surface area contributed by atoms with Crippen molar-refractivity contribution >= 4 is 23.4 Å². The van der Waals surface area contributed by atoms with Gasteiger partial charge in [0.15, 0.2) is 0 Å². The van der Waals surface area contributed by atoms with Gasteiger partial charge in [-0.3, -0.25) is 9.59 Å². The van der Waals surface area contributed by atoms with Crippen molar-refractivity contribution in [3.63, 3.8) is 0 Å². The number of benzene rings is 2. The summed E-state index contributed by atoms with van der Waals surface area (Å²) in [5.41, 5.74) is 3.32. The third kappa shape index (κ3) is 5.56. The number of fused-ring (bicyclic) bond motifs is 2. The molecule has 1 aromatic heterocycles. The first-order valence-corrected chi connectivity index (χ1v) is 14.7. The van der Waals surface area contributed by atoms with Gasteiger partial charge in [0.05, 0.1) is 12.6 Å². The van der Waals surface area contributed by atoms with Crippen LogP contribution in [0.5, 0.6) is 5.75 Å². The van der Waals surface area contributed by atoms with Gasteiger partial charge in [-0.05, 0) is 48.6 Å². The summed E-state index contributed by atoms with van der Waals surface area (Å²) in [4.78, 5) is 35.3. The van der Waals surface area contributed by atoms with Crippen molar-refractivity contribution in [1.82, 2.24) is 19.4 Å². The van der Waals surface area contributed by atoms with Crippen LogP contribution >= 0.6 is 11.6 Å². The smallest absolute Gasteiger partial charge is 0.256 e. The van der Waals surface area contributed by atoms with Gasteiger partial charge < -0.3 is 19.1 Å². The Morgan fingerprint density at radius 3 is 2.71 bits per heavy atom. The van der Waals surface area contributed by atoms with E-state index < -0.39 is 19.0 Å². The summed E-state index contributed by atoms with van der Waals surface area (Å²) in [5.74, 6) is 0.914. The fraction of sp³-hybridized carbons (Fsp3) is 0.452. The molecule has 2 aliphatic heterocycles. The molecule has 0 saturated heterocycles. The second kappa shape index (κ2) is 11.8. The van der Waals surface area contributed by atoms with Crippen molar-refractivity contribution in [2.24, 2.45) is 5.92 Å². The molecule has 0 spiro atoms. The predicted octanol–water partition coefficient (Wildman–Crippen LogP) is 6.04. The molecule has 216 valence electrons. The molecule has 0 radical (unpaired) electrons. The molecule has 10 heteroatoms. The van der Waals surface area contributed by atoms with Gasteiger partial charge in [0.25, 0.3) is 12.3 Å². The molecule has 1 saturated carbocycles. The molecule has 0 bridgehead atoms. The summed E-state index contributed by atoms with van der Waals surface area (Å²) >= 11 is 6.72. The molecule has 3 aliphatic rings. The number of amides is 2. The zero-order valence-corrected chi connectivity index (χ0v) is 23.5. The Kier molecular flexibility index (Phi) is 7.97. The predicted molar refractivity (Wildman–Crippen MR) is 150 cm³/mol. The van der Waals surface area contributed by atoms with E-state index in [1.54, 1.807) is 17.0 Å². The molecule has 7 nitrogen and oxygen atoms in total. The first kappa shape index (κ1) is 27.7. The van der Waals surface area contributed by atoms with Crippen LogP contribution < -0.4 is 4.74 Å². The second-order valence-electron chi connectivity index (χ2n) is 11.1. The monoisotopic (exact) mass is 582 g/mol. The van der Waals surface area contributed by atoms with Crippen molar-refractivity contribution in [2.45, 2.75) is 70.7 Å². The molecule has 1 aliphatic carbocycles. The van der Waals surface area contributed by atoms with E-state index in [0.717, 1.165) is 48.8 Å². The lowest BCUT2D eigenvalue weighted by molar-refractivity contribution is -0.140. The molecule has 3 aromatic rings. The van der Waals surface area contributed by atoms with Crippen molar-refractivity contribution in [3.05, 3.63) is 81.9 Å². The summed E-state index contributed by atoms with van der Waals surface area (Å²) in [7, 11) is 0. The van der Waals surface area contributed by atoms with Crippen LogP contribution in [0.2, 0.25) is 5.02 Å². The number of imidazole rings is 1. The van der Waals surface area contributed by atoms with Crippen LogP contribution in [0.25, 0.3) is 0 Å². The van der Waals surface area contributed by atoms with Gasteiger partial charge in [0, 0.05) is 54.1 Å². The van der Waals surface area contributed by atoms with Gasteiger partial charge in [-0.25, -0.2) is 13.8 Å². The topological polar surface area (TPSA) is 67.7 Å². The van der Waals surface area contributed by atoms with Crippen LogP contribution in [-0.2, 0) is 30.9 Å². The Morgan fingerprint density at radius 2 is 1.93 bits per heavy atom. The molecule has 6 rings (SSSR count). The van der Waals surface area contributed by atoms with Crippen LogP contribution in [0.3, 0.4) is 0 Å². The number of rotatable bonds is 8. The van der Waals surface area contributed by atoms with E-state index in [1.165, 1.54) is 17.0 Å². The zero-order chi connectivity index (χ0) is 28.5. The summed E-state index contributed by atoms with van der Waals surface area (Å²) < 4.78 is 33.8. The van der Waals surface area contributed by atoms with Crippen LogP contribution in [0, 0.1) is 5.92 Å². The third-order valence-electron chi connectivity index (χ3n) is 8.59. The van der Waals surface area contributed by atoms with Gasteiger partial charge in [0.1, 0.15) is 18.2 Å². The average molecular weight is 583 g/mol. The third-order valence-corrected chi connectivity index (χ3v) is 8.95. The number of carbonyl (C=O) groups excluding carboxylic acids is 2. The van der Waals surface area contributed by atoms with E-state index in [-0.39, 0.29) is 24.3 Å². The molecule has 0 N–H and O–H groups in total.